The number of nitrogens with one attached hydrogen (secondary N) is 1. The van der Waals surface area contributed by atoms with Crippen LogP contribution in [-0.2, 0) is 11.5 Å². The minimum Gasteiger partial charge on any atom is -0.307 e. The van der Waals surface area contributed by atoms with Crippen LogP contribution in [0.2, 0.25) is 0 Å². The van der Waals surface area contributed by atoms with Crippen molar-refractivity contribution >= 4 is 50.2 Å². The molecule has 8 heteroatoms. The minimum atomic E-state index is -4.52. The highest BCUT2D eigenvalue weighted by Gasteiger charge is 2.33. The van der Waals surface area contributed by atoms with Crippen LogP contribution in [0.4, 0.5) is 19.0 Å². The molecule has 0 radical (unpaired) electrons. The van der Waals surface area contributed by atoms with Gasteiger partial charge in [0.1, 0.15) is 5.82 Å². The number of aromatic nitrogens is 1. The molecule has 122 valence electrons. The summed E-state index contributed by atoms with van der Waals surface area (Å²) in [4.78, 5) is 16.2. The van der Waals surface area contributed by atoms with Crippen molar-refractivity contribution < 1.29 is 18.0 Å². The molecule has 1 aromatic carbocycles. The number of alkyl halides is 4. The highest BCUT2D eigenvalue weighted by atomic mass is 127. The lowest BCUT2D eigenvalue weighted by atomic mass is 10.0. The Hall–Kier alpha value is -1.16. The van der Waals surface area contributed by atoms with Crippen LogP contribution in [0.1, 0.15) is 27.0 Å². The highest BCUT2D eigenvalue weighted by Crippen LogP contribution is 2.33. The first-order valence-electron chi connectivity index (χ1n) is 6.42. The number of nitrogens with zero attached hydrogens (tertiary/aromatic N) is 1. The van der Waals surface area contributed by atoms with Crippen molar-refractivity contribution in [3.8, 4) is 0 Å². The molecule has 2 rings (SSSR count). The molecule has 0 spiro atoms. The van der Waals surface area contributed by atoms with Gasteiger partial charge in [0.15, 0.2) is 0 Å². The van der Waals surface area contributed by atoms with Crippen LogP contribution >= 0.6 is 38.5 Å². The molecule has 0 fully saturated rings. The number of amides is 1. The molecular formula is C15H11BrF3IN2O. The summed E-state index contributed by atoms with van der Waals surface area (Å²) in [5.74, 6) is -0.341. The lowest BCUT2D eigenvalue weighted by Crippen LogP contribution is -2.16. The summed E-state index contributed by atoms with van der Waals surface area (Å²) in [7, 11) is 0. The quantitative estimate of drug-likeness (QED) is 0.469. The summed E-state index contributed by atoms with van der Waals surface area (Å²) >= 11 is 5.11. The van der Waals surface area contributed by atoms with Crippen LogP contribution in [-0.4, -0.2) is 10.9 Å². The molecular weight excluding hydrogens is 488 g/mol. The van der Waals surface area contributed by atoms with E-state index in [1.54, 1.807) is 12.3 Å². The van der Waals surface area contributed by atoms with Gasteiger partial charge in [-0.1, -0.05) is 22.0 Å². The second-order valence-corrected chi connectivity index (χ2v) is 6.50. The molecule has 23 heavy (non-hydrogen) atoms. The Kier molecular flexibility index (Phi) is 5.66. The molecule has 0 bridgehead atoms. The zero-order valence-corrected chi connectivity index (χ0v) is 15.6. The number of pyridine rings is 1. The summed E-state index contributed by atoms with van der Waals surface area (Å²) < 4.78 is 40.0. The number of carbonyl (C=O) groups is 1. The number of anilines is 1. The van der Waals surface area contributed by atoms with E-state index in [0.29, 0.717) is 5.82 Å². The normalized spacial score (nSPS) is 11.4. The first-order chi connectivity index (χ1) is 10.7. The molecule has 0 saturated carbocycles. The van der Waals surface area contributed by atoms with Crippen LogP contribution in [0.5, 0.6) is 0 Å². The monoisotopic (exact) mass is 498 g/mol. The maximum absolute atomic E-state index is 13.0. The number of carbonyl (C=O) groups excluding carboxylic acids is 1. The Labute approximate surface area is 153 Å². The fourth-order valence-electron chi connectivity index (χ4n) is 1.85. The molecule has 0 aliphatic carbocycles. The fraction of sp³-hybridized carbons (Fsp3) is 0.200. The van der Waals surface area contributed by atoms with E-state index < -0.39 is 17.6 Å². The first-order valence-corrected chi connectivity index (χ1v) is 8.62. The van der Waals surface area contributed by atoms with E-state index in [4.69, 9.17) is 0 Å². The zero-order chi connectivity index (χ0) is 17.2. The Morgan fingerprint density at radius 3 is 2.61 bits per heavy atom. The van der Waals surface area contributed by atoms with E-state index in [1.165, 1.54) is 12.1 Å². The van der Waals surface area contributed by atoms with Gasteiger partial charge in [0.25, 0.3) is 5.91 Å². The summed E-state index contributed by atoms with van der Waals surface area (Å²) in [6, 6.07) is 5.16. The molecule has 1 amide bonds. The maximum atomic E-state index is 13.0. The van der Waals surface area contributed by atoms with Gasteiger partial charge >= 0.3 is 6.18 Å². The topological polar surface area (TPSA) is 42.0 Å². The third-order valence-electron chi connectivity index (χ3n) is 3.10. The van der Waals surface area contributed by atoms with E-state index in [1.807, 2.05) is 6.92 Å². The largest absolute Gasteiger partial charge is 0.416 e. The van der Waals surface area contributed by atoms with Crippen molar-refractivity contribution in [1.82, 2.24) is 4.98 Å². The van der Waals surface area contributed by atoms with Crippen molar-refractivity contribution in [3.63, 3.8) is 0 Å². The van der Waals surface area contributed by atoms with Gasteiger partial charge in [0.05, 0.1) is 5.56 Å². The molecule has 0 saturated heterocycles. The maximum Gasteiger partial charge on any atom is 0.416 e. The lowest BCUT2D eigenvalue weighted by molar-refractivity contribution is -0.138. The van der Waals surface area contributed by atoms with Gasteiger partial charge in [0, 0.05) is 20.7 Å². The van der Waals surface area contributed by atoms with Crippen molar-refractivity contribution in [3.05, 3.63) is 56.3 Å². The Morgan fingerprint density at radius 2 is 2.04 bits per heavy atom. The fourth-order valence-corrected chi connectivity index (χ4v) is 2.78. The number of halogens is 5. The molecule has 2 aromatic rings. The highest BCUT2D eigenvalue weighted by molar-refractivity contribution is 14.1. The van der Waals surface area contributed by atoms with E-state index in [2.05, 4.69) is 48.8 Å². The number of benzene rings is 1. The van der Waals surface area contributed by atoms with E-state index >= 15 is 0 Å². The van der Waals surface area contributed by atoms with Crippen molar-refractivity contribution in [2.75, 3.05) is 5.32 Å². The Balaban J connectivity index is 2.30. The van der Waals surface area contributed by atoms with Gasteiger partial charge in [-0.3, -0.25) is 4.79 Å². The summed E-state index contributed by atoms with van der Waals surface area (Å²) in [6.45, 7) is 1.87. The van der Waals surface area contributed by atoms with Gasteiger partial charge in [-0.25, -0.2) is 4.98 Å². The second-order valence-electron chi connectivity index (χ2n) is 4.78. The van der Waals surface area contributed by atoms with Gasteiger partial charge < -0.3 is 5.32 Å². The SMILES string of the molecule is Cc1cnc(NC(=O)c2ccc(CBr)c(C(F)(F)F)c2)cc1I. The molecule has 3 nitrogen and oxygen atoms in total. The van der Waals surface area contributed by atoms with Crippen LogP contribution in [0.15, 0.2) is 30.5 Å². The summed E-state index contributed by atoms with van der Waals surface area (Å²) in [5, 5.41) is 2.57. The van der Waals surface area contributed by atoms with Gasteiger partial charge in [-0.15, -0.1) is 0 Å². The lowest BCUT2D eigenvalue weighted by Gasteiger charge is -2.13. The Bertz CT molecular complexity index is 750. The van der Waals surface area contributed by atoms with Crippen molar-refractivity contribution in [1.29, 1.82) is 0 Å². The smallest absolute Gasteiger partial charge is 0.307 e. The first kappa shape index (κ1) is 18.2. The van der Waals surface area contributed by atoms with Crippen molar-refractivity contribution in [2.45, 2.75) is 18.4 Å². The summed E-state index contributed by atoms with van der Waals surface area (Å²) in [6.07, 6.45) is -2.93. The standard InChI is InChI=1S/C15H11BrF3IN2O/c1-8-7-21-13(5-12(8)20)22-14(23)9-2-3-10(6-16)11(4-9)15(17,18)19/h2-5,7H,6H2,1H3,(H,21,22,23). The molecule has 0 aliphatic heterocycles. The molecule has 1 aromatic heterocycles. The third-order valence-corrected chi connectivity index (χ3v) is 4.87. The zero-order valence-electron chi connectivity index (χ0n) is 11.8. The number of aryl methyl sites for hydroxylation is 1. The summed E-state index contributed by atoms with van der Waals surface area (Å²) in [5.41, 5.74) is 0.134. The minimum absolute atomic E-state index is 0.0570. The van der Waals surface area contributed by atoms with Gasteiger partial charge in [-0.05, 0) is 58.8 Å². The second kappa shape index (κ2) is 7.16. The van der Waals surface area contributed by atoms with Crippen LogP contribution in [0, 0.1) is 10.5 Å². The molecule has 0 atom stereocenters. The number of rotatable bonds is 3. The number of hydrogen-bond donors (Lipinski definition) is 1. The molecule has 1 N–H and O–H groups in total. The van der Waals surface area contributed by atoms with E-state index in [-0.39, 0.29) is 16.5 Å². The Morgan fingerprint density at radius 1 is 1.35 bits per heavy atom. The van der Waals surface area contributed by atoms with Crippen LogP contribution < -0.4 is 5.32 Å². The van der Waals surface area contributed by atoms with Gasteiger partial charge in [-0.2, -0.15) is 13.2 Å². The van der Waals surface area contributed by atoms with Crippen molar-refractivity contribution in [2.24, 2.45) is 0 Å². The van der Waals surface area contributed by atoms with Crippen LogP contribution in [0.25, 0.3) is 0 Å². The molecule has 1 heterocycles. The predicted octanol–water partition coefficient (Wildman–Crippen LogP) is 5.16. The van der Waals surface area contributed by atoms with Crippen LogP contribution in [0.3, 0.4) is 0 Å². The average molecular weight is 499 g/mol. The predicted molar refractivity (Wildman–Crippen MR) is 93.7 cm³/mol. The molecule has 0 aliphatic rings. The van der Waals surface area contributed by atoms with E-state index in [0.717, 1.165) is 15.2 Å². The number of hydrogen-bond acceptors (Lipinski definition) is 2. The van der Waals surface area contributed by atoms with E-state index in [9.17, 15) is 18.0 Å². The third kappa shape index (κ3) is 4.43. The average Bonchev–Trinajstić information content (AvgIpc) is 2.49. The van der Waals surface area contributed by atoms with Gasteiger partial charge in [0.2, 0.25) is 0 Å². The molecule has 0 unspecified atom stereocenters.